The fourth-order valence-corrected chi connectivity index (χ4v) is 2.19. The van der Waals surface area contributed by atoms with Gasteiger partial charge in [-0.2, -0.15) is 0 Å². The first-order chi connectivity index (χ1) is 8.58. The van der Waals surface area contributed by atoms with E-state index >= 15 is 0 Å². The molecule has 0 saturated carbocycles. The van der Waals surface area contributed by atoms with Crippen molar-refractivity contribution in [3.8, 4) is 0 Å². The number of benzene rings is 1. The van der Waals surface area contributed by atoms with Crippen molar-refractivity contribution in [2.24, 2.45) is 5.73 Å². The van der Waals surface area contributed by atoms with Gasteiger partial charge in [0.25, 0.3) is 0 Å². The Morgan fingerprint density at radius 2 is 2.11 bits per heavy atom. The van der Waals surface area contributed by atoms with E-state index in [-0.39, 0.29) is 11.9 Å². The number of halogens is 3. The van der Waals surface area contributed by atoms with E-state index in [0.717, 1.165) is 11.3 Å². The highest BCUT2D eigenvalue weighted by Crippen LogP contribution is 2.24. The highest BCUT2D eigenvalue weighted by molar-refractivity contribution is 9.10. The number of hydrogen-bond acceptors (Lipinski definition) is 2. The van der Waals surface area contributed by atoms with Gasteiger partial charge in [-0.25, -0.2) is 4.39 Å². The van der Waals surface area contributed by atoms with Gasteiger partial charge in [-0.1, -0.05) is 23.7 Å². The molecule has 2 nitrogen and oxygen atoms in total. The molecule has 2 aromatic rings. The van der Waals surface area contributed by atoms with Crippen LogP contribution in [0, 0.1) is 5.82 Å². The van der Waals surface area contributed by atoms with Crippen LogP contribution in [-0.2, 0) is 6.42 Å². The van der Waals surface area contributed by atoms with E-state index in [1.165, 1.54) is 6.07 Å². The summed E-state index contributed by atoms with van der Waals surface area (Å²) in [6.07, 6.45) is 2.06. The zero-order chi connectivity index (χ0) is 13.1. The quantitative estimate of drug-likeness (QED) is 0.928. The Bertz CT molecular complexity index is 545. The van der Waals surface area contributed by atoms with E-state index in [1.54, 1.807) is 24.4 Å². The van der Waals surface area contributed by atoms with E-state index in [4.69, 9.17) is 17.3 Å². The van der Waals surface area contributed by atoms with Gasteiger partial charge in [0.2, 0.25) is 0 Å². The van der Waals surface area contributed by atoms with Crippen LogP contribution in [0.15, 0.2) is 41.0 Å². The maximum atomic E-state index is 13.4. The molecule has 0 bridgehead atoms. The fourth-order valence-electron chi connectivity index (χ4n) is 1.65. The average molecular weight is 330 g/mol. The number of aromatic nitrogens is 1. The highest BCUT2D eigenvalue weighted by Gasteiger charge is 2.12. The smallest absolute Gasteiger partial charge is 0.137 e. The topological polar surface area (TPSA) is 38.9 Å². The molecule has 1 aromatic heterocycles. The monoisotopic (exact) mass is 328 g/mol. The lowest BCUT2D eigenvalue weighted by Crippen LogP contribution is -2.15. The molecule has 1 atom stereocenters. The van der Waals surface area contributed by atoms with Gasteiger partial charge in [-0.15, -0.1) is 0 Å². The summed E-state index contributed by atoms with van der Waals surface area (Å²) in [5, 5.41) is 0.567. The predicted octanol–water partition coefficient (Wildman–Crippen LogP) is 3.88. The van der Waals surface area contributed by atoms with Crippen LogP contribution < -0.4 is 5.73 Å². The lowest BCUT2D eigenvalue weighted by atomic mass is 10.0. The van der Waals surface area contributed by atoms with Crippen LogP contribution >= 0.6 is 27.5 Å². The summed E-state index contributed by atoms with van der Waals surface area (Å²) in [6.45, 7) is 0. The summed E-state index contributed by atoms with van der Waals surface area (Å²) < 4.78 is 13.8. The molecule has 0 saturated heterocycles. The van der Waals surface area contributed by atoms with Crippen molar-refractivity contribution < 1.29 is 4.39 Å². The molecule has 0 aliphatic rings. The molecule has 0 spiro atoms. The molecular formula is C13H11BrClFN2. The minimum atomic E-state index is -0.291. The van der Waals surface area contributed by atoms with Crippen LogP contribution in [0.1, 0.15) is 17.3 Å². The van der Waals surface area contributed by atoms with Crippen molar-refractivity contribution in [3.05, 3.63) is 63.1 Å². The van der Waals surface area contributed by atoms with E-state index in [1.807, 2.05) is 6.07 Å². The first-order valence-electron chi connectivity index (χ1n) is 5.38. The summed E-state index contributed by atoms with van der Waals surface area (Å²) in [5.41, 5.74) is 7.60. The number of nitrogens with zero attached hydrogens (tertiary/aromatic N) is 1. The van der Waals surface area contributed by atoms with E-state index in [2.05, 4.69) is 20.9 Å². The molecule has 0 radical (unpaired) electrons. The van der Waals surface area contributed by atoms with Crippen LogP contribution in [-0.4, -0.2) is 4.98 Å². The molecule has 1 heterocycles. The van der Waals surface area contributed by atoms with Crippen molar-refractivity contribution in [2.75, 3.05) is 0 Å². The molecule has 2 N–H and O–H groups in total. The second kappa shape index (κ2) is 5.78. The van der Waals surface area contributed by atoms with Gasteiger partial charge in [0, 0.05) is 6.20 Å². The summed E-state index contributed by atoms with van der Waals surface area (Å²) in [4.78, 5) is 4.16. The minimum Gasteiger partial charge on any atom is -0.322 e. The highest BCUT2D eigenvalue weighted by atomic mass is 79.9. The predicted molar refractivity (Wildman–Crippen MR) is 74.0 cm³/mol. The van der Waals surface area contributed by atoms with Crippen LogP contribution in [0.3, 0.4) is 0 Å². The Morgan fingerprint density at radius 3 is 2.78 bits per heavy atom. The van der Waals surface area contributed by atoms with E-state index in [0.29, 0.717) is 15.9 Å². The van der Waals surface area contributed by atoms with Gasteiger partial charge in [0.15, 0.2) is 0 Å². The Labute approximate surface area is 118 Å². The van der Waals surface area contributed by atoms with Crippen LogP contribution in [0.5, 0.6) is 0 Å². The second-order valence-electron chi connectivity index (χ2n) is 3.92. The minimum absolute atomic E-state index is 0.288. The molecule has 18 heavy (non-hydrogen) atoms. The molecule has 1 aromatic carbocycles. The third kappa shape index (κ3) is 3.07. The zero-order valence-electron chi connectivity index (χ0n) is 9.41. The molecule has 2 rings (SSSR count). The normalized spacial score (nSPS) is 12.4. The number of pyridine rings is 1. The molecule has 0 fully saturated rings. The largest absolute Gasteiger partial charge is 0.322 e. The van der Waals surface area contributed by atoms with Crippen molar-refractivity contribution >= 4 is 27.5 Å². The number of rotatable bonds is 3. The van der Waals surface area contributed by atoms with Gasteiger partial charge in [-0.05, 0) is 46.1 Å². The lowest BCUT2D eigenvalue weighted by Gasteiger charge is -2.12. The average Bonchev–Trinajstić information content (AvgIpc) is 2.36. The number of nitrogens with two attached hydrogens (primary N) is 1. The SMILES string of the molecule is NC(Cc1cccc(F)c1Br)c1ccc(Cl)cn1. The molecule has 5 heteroatoms. The molecular weight excluding hydrogens is 319 g/mol. The van der Waals surface area contributed by atoms with Crippen LogP contribution in [0.2, 0.25) is 5.02 Å². The van der Waals surface area contributed by atoms with Crippen molar-refractivity contribution in [1.29, 1.82) is 0 Å². The summed E-state index contributed by atoms with van der Waals surface area (Å²) in [5.74, 6) is -0.288. The zero-order valence-corrected chi connectivity index (χ0v) is 11.7. The molecule has 1 unspecified atom stereocenters. The van der Waals surface area contributed by atoms with Crippen molar-refractivity contribution in [2.45, 2.75) is 12.5 Å². The molecule has 0 amide bonds. The lowest BCUT2D eigenvalue weighted by molar-refractivity contribution is 0.613. The second-order valence-corrected chi connectivity index (χ2v) is 5.15. The molecule has 0 aliphatic carbocycles. The Morgan fingerprint density at radius 1 is 1.33 bits per heavy atom. The van der Waals surface area contributed by atoms with Crippen LogP contribution in [0.4, 0.5) is 4.39 Å². The van der Waals surface area contributed by atoms with Gasteiger partial charge in [0.05, 0.1) is 21.2 Å². The summed E-state index contributed by atoms with van der Waals surface area (Å²) in [7, 11) is 0. The maximum Gasteiger partial charge on any atom is 0.137 e. The van der Waals surface area contributed by atoms with Gasteiger partial charge < -0.3 is 5.73 Å². The third-order valence-electron chi connectivity index (χ3n) is 2.60. The first kappa shape index (κ1) is 13.5. The molecule has 94 valence electrons. The first-order valence-corrected chi connectivity index (χ1v) is 6.55. The summed E-state index contributed by atoms with van der Waals surface area (Å²) >= 11 is 8.98. The van der Waals surface area contributed by atoms with Gasteiger partial charge in [-0.3, -0.25) is 4.98 Å². The third-order valence-corrected chi connectivity index (χ3v) is 3.71. The van der Waals surface area contributed by atoms with Gasteiger partial charge in [0.1, 0.15) is 5.82 Å². The van der Waals surface area contributed by atoms with Gasteiger partial charge >= 0.3 is 0 Å². The standard InChI is InChI=1S/C13H11BrClFN2/c14-13-8(2-1-3-10(13)16)6-11(17)12-5-4-9(15)7-18-12/h1-5,7,11H,6,17H2. The Balaban J connectivity index is 2.18. The Hall–Kier alpha value is -0.970. The van der Waals surface area contributed by atoms with E-state index < -0.39 is 0 Å². The summed E-state index contributed by atoms with van der Waals surface area (Å²) in [6, 6.07) is 8.13. The van der Waals surface area contributed by atoms with Crippen molar-refractivity contribution in [3.63, 3.8) is 0 Å². The fraction of sp³-hybridized carbons (Fsp3) is 0.154. The number of hydrogen-bond donors (Lipinski definition) is 1. The molecule has 0 aliphatic heterocycles. The Kier molecular flexibility index (Phi) is 4.32. The maximum absolute atomic E-state index is 13.4. The van der Waals surface area contributed by atoms with Crippen LogP contribution in [0.25, 0.3) is 0 Å². The van der Waals surface area contributed by atoms with Crippen molar-refractivity contribution in [1.82, 2.24) is 4.98 Å². The van der Waals surface area contributed by atoms with E-state index in [9.17, 15) is 4.39 Å².